The molecule has 0 fully saturated rings. The highest BCUT2D eigenvalue weighted by atomic mass is 127. The van der Waals surface area contributed by atoms with Crippen molar-refractivity contribution in [2.45, 2.75) is 33.1 Å². The van der Waals surface area contributed by atoms with Crippen LogP contribution in [-0.2, 0) is 17.6 Å². The summed E-state index contributed by atoms with van der Waals surface area (Å²) in [7, 11) is 0. The van der Waals surface area contributed by atoms with E-state index >= 15 is 0 Å². The molecule has 1 heterocycles. The van der Waals surface area contributed by atoms with Gasteiger partial charge in [-0.05, 0) is 35.9 Å². The first-order valence-electron chi connectivity index (χ1n) is 5.54. The van der Waals surface area contributed by atoms with Crippen LogP contribution in [0.25, 0.3) is 0 Å². The van der Waals surface area contributed by atoms with Crippen LogP contribution in [0.3, 0.4) is 0 Å². The van der Waals surface area contributed by atoms with Crippen molar-refractivity contribution in [3.05, 3.63) is 25.4 Å². The molecule has 1 aromatic heterocycles. The lowest BCUT2D eigenvalue weighted by Crippen LogP contribution is -2.19. The molecular formula is C11H17IN2O2. The van der Waals surface area contributed by atoms with E-state index < -0.39 is 0 Å². The van der Waals surface area contributed by atoms with Crippen molar-refractivity contribution in [2.24, 2.45) is 0 Å². The van der Waals surface area contributed by atoms with Crippen LogP contribution in [0.2, 0.25) is 0 Å². The van der Waals surface area contributed by atoms with Gasteiger partial charge in [0.15, 0.2) is 0 Å². The van der Waals surface area contributed by atoms with E-state index in [1.165, 1.54) is 0 Å². The van der Waals surface area contributed by atoms with Gasteiger partial charge in [0.1, 0.15) is 5.82 Å². The Morgan fingerprint density at radius 3 is 2.75 bits per heavy atom. The van der Waals surface area contributed by atoms with Gasteiger partial charge in [-0.1, -0.05) is 13.3 Å². The lowest BCUT2D eigenvalue weighted by molar-refractivity contribution is 0.149. The van der Waals surface area contributed by atoms with Crippen molar-refractivity contribution in [2.75, 3.05) is 13.2 Å². The normalized spacial score (nSPS) is 10.7. The van der Waals surface area contributed by atoms with E-state index in [-0.39, 0.29) is 5.56 Å². The third kappa shape index (κ3) is 3.86. The number of nitrogens with zero attached hydrogens (tertiary/aromatic N) is 1. The zero-order valence-corrected chi connectivity index (χ0v) is 11.8. The largest absolute Gasteiger partial charge is 0.381 e. The quantitative estimate of drug-likeness (QED) is 0.638. The Morgan fingerprint density at radius 2 is 2.12 bits per heavy atom. The predicted molar refractivity (Wildman–Crippen MR) is 71.8 cm³/mol. The highest BCUT2D eigenvalue weighted by Gasteiger charge is 2.07. The number of halogens is 1. The van der Waals surface area contributed by atoms with E-state index in [0.29, 0.717) is 23.2 Å². The maximum absolute atomic E-state index is 11.6. The number of ether oxygens (including phenoxy) is 1. The van der Waals surface area contributed by atoms with E-state index in [4.69, 9.17) is 4.74 Å². The Hall–Kier alpha value is -0.430. The number of hydrogen-bond donors (Lipinski definition) is 1. The lowest BCUT2D eigenvalue weighted by Gasteiger charge is -2.05. The molecule has 0 radical (unpaired) electrons. The maximum Gasteiger partial charge on any atom is 0.264 e. The summed E-state index contributed by atoms with van der Waals surface area (Å²) in [6, 6.07) is 0. The van der Waals surface area contributed by atoms with Crippen molar-refractivity contribution in [3.8, 4) is 0 Å². The van der Waals surface area contributed by atoms with Gasteiger partial charge in [0.2, 0.25) is 0 Å². The van der Waals surface area contributed by atoms with Gasteiger partial charge >= 0.3 is 0 Å². The molecule has 0 unspecified atom stereocenters. The number of aryl methyl sites for hydroxylation is 1. The van der Waals surface area contributed by atoms with Gasteiger partial charge in [-0.25, -0.2) is 4.98 Å². The molecule has 1 N–H and O–H groups in total. The van der Waals surface area contributed by atoms with Gasteiger partial charge in [-0.2, -0.15) is 0 Å². The van der Waals surface area contributed by atoms with E-state index in [9.17, 15) is 4.79 Å². The highest BCUT2D eigenvalue weighted by molar-refractivity contribution is 14.1. The number of H-pyrrole nitrogens is 1. The fourth-order valence-corrected chi connectivity index (χ4v) is 1.92. The van der Waals surface area contributed by atoms with E-state index in [2.05, 4.69) is 39.5 Å². The van der Waals surface area contributed by atoms with Crippen LogP contribution in [0.1, 0.15) is 31.8 Å². The summed E-state index contributed by atoms with van der Waals surface area (Å²) in [5.41, 5.74) is 0.865. The molecule has 1 rings (SSSR count). The van der Waals surface area contributed by atoms with Gasteiger partial charge < -0.3 is 9.72 Å². The first-order chi connectivity index (χ1) is 7.69. The van der Waals surface area contributed by atoms with Crippen LogP contribution in [0.5, 0.6) is 0 Å². The Bertz CT molecular complexity index is 390. The van der Waals surface area contributed by atoms with Gasteiger partial charge in [-0.3, -0.25) is 4.79 Å². The van der Waals surface area contributed by atoms with E-state index in [0.717, 1.165) is 24.4 Å². The molecule has 0 aliphatic rings. The summed E-state index contributed by atoms with van der Waals surface area (Å²) in [6.07, 6.45) is 2.51. The molecule has 16 heavy (non-hydrogen) atoms. The third-order valence-electron chi connectivity index (χ3n) is 2.15. The Labute approximate surface area is 109 Å². The molecule has 0 amide bonds. The molecule has 0 atom stereocenters. The van der Waals surface area contributed by atoms with Crippen molar-refractivity contribution < 1.29 is 4.74 Å². The third-order valence-corrected chi connectivity index (χ3v) is 3.27. The van der Waals surface area contributed by atoms with Crippen LogP contribution in [0.4, 0.5) is 0 Å². The summed E-state index contributed by atoms with van der Waals surface area (Å²) in [4.78, 5) is 18.9. The van der Waals surface area contributed by atoms with Gasteiger partial charge in [-0.15, -0.1) is 0 Å². The summed E-state index contributed by atoms with van der Waals surface area (Å²) in [6.45, 7) is 5.33. The molecule has 0 aromatic carbocycles. The van der Waals surface area contributed by atoms with Crippen LogP contribution in [0, 0.1) is 3.57 Å². The molecule has 4 nitrogen and oxygen atoms in total. The van der Waals surface area contributed by atoms with Crippen LogP contribution in [0.15, 0.2) is 4.79 Å². The second-order valence-electron chi connectivity index (χ2n) is 3.47. The van der Waals surface area contributed by atoms with E-state index in [1.807, 2.05) is 6.92 Å². The predicted octanol–water partition coefficient (Wildman–Crippen LogP) is 1.91. The fourth-order valence-electron chi connectivity index (χ4n) is 1.39. The van der Waals surface area contributed by atoms with Crippen molar-refractivity contribution in [1.82, 2.24) is 9.97 Å². The second-order valence-corrected chi connectivity index (χ2v) is 4.55. The molecule has 0 aliphatic carbocycles. The molecular weight excluding hydrogens is 319 g/mol. The minimum Gasteiger partial charge on any atom is -0.381 e. The van der Waals surface area contributed by atoms with Crippen molar-refractivity contribution >= 4 is 22.6 Å². The van der Waals surface area contributed by atoms with Crippen molar-refractivity contribution in [3.63, 3.8) is 0 Å². The van der Waals surface area contributed by atoms with Gasteiger partial charge in [0.25, 0.3) is 5.56 Å². The minimum atomic E-state index is -0.0365. The summed E-state index contributed by atoms with van der Waals surface area (Å²) in [5, 5.41) is 0. The van der Waals surface area contributed by atoms with Gasteiger partial charge in [0.05, 0.1) is 15.9 Å². The smallest absolute Gasteiger partial charge is 0.264 e. The molecule has 0 saturated heterocycles. The zero-order chi connectivity index (χ0) is 12.0. The summed E-state index contributed by atoms with van der Waals surface area (Å²) < 4.78 is 5.95. The Kier molecular flexibility index (Phi) is 5.97. The maximum atomic E-state index is 11.6. The summed E-state index contributed by atoms with van der Waals surface area (Å²) >= 11 is 2.05. The standard InChI is InChI=1S/C11H17IN2O2/c1-3-5-8-10(12)11(15)14-9(13-8)6-7-16-4-2/h3-7H2,1-2H3,(H,13,14,15). The molecule has 5 heteroatoms. The van der Waals surface area contributed by atoms with Crippen LogP contribution >= 0.6 is 22.6 Å². The molecule has 0 saturated carbocycles. The average Bonchev–Trinajstić information content (AvgIpc) is 2.26. The van der Waals surface area contributed by atoms with E-state index in [1.54, 1.807) is 0 Å². The Balaban J connectivity index is 2.82. The fraction of sp³-hybridized carbons (Fsp3) is 0.636. The number of hydrogen-bond acceptors (Lipinski definition) is 3. The SMILES string of the molecule is CCCc1nc(CCOCC)[nH]c(=O)c1I. The molecule has 0 bridgehead atoms. The minimum absolute atomic E-state index is 0.0365. The first-order valence-corrected chi connectivity index (χ1v) is 6.62. The number of nitrogens with one attached hydrogen (secondary N) is 1. The molecule has 1 aromatic rings. The lowest BCUT2D eigenvalue weighted by atomic mass is 10.2. The number of rotatable bonds is 6. The Morgan fingerprint density at radius 1 is 1.38 bits per heavy atom. The monoisotopic (exact) mass is 336 g/mol. The topological polar surface area (TPSA) is 55.0 Å². The number of aromatic nitrogens is 2. The van der Waals surface area contributed by atoms with Crippen LogP contribution < -0.4 is 5.56 Å². The van der Waals surface area contributed by atoms with Crippen molar-refractivity contribution in [1.29, 1.82) is 0 Å². The average molecular weight is 336 g/mol. The zero-order valence-electron chi connectivity index (χ0n) is 9.68. The highest BCUT2D eigenvalue weighted by Crippen LogP contribution is 2.07. The second kappa shape index (κ2) is 7.01. The summed E-state index contributed by atoms with van der Waals surface area (Å²) in [5.74, 6) is 0.724. The molecule has 90 valence electrons. The van der Waals surface area contributed by atoms with Gasteiger partial charge in [0, 0.05) is 13.0 Å². The molecule has 0 aliphatic heterocycles. The van der Waals surface area contributed by atoms with Crippen LogP contribution in [-0.4, -0.2) is 23.2 Å². The first kappa shape index (κ1) is 13.6. The number of aromatic amines is 1. The molecule has 0 spiro atoms.